The number of aromatic nitrogens is 1. The maximum absolute atomic E-state index is 11.8. The average Bonchev–Trinajstić information content (AvgIpc) is 2.36. The van der Waals surface area contributed by atoms with E-state index in [1.54, 1.807) is 11.1 Å². The van der Waals surface area contributed by atoms with Crippen molar-refractivity contribution in [3.05, 3.63) is 16.2 Å². The van der Waals surface area contributed by atoms with Crippen molar-refractivity contribution in [2.45, 2.75) is 20.8 Å². The standard InChI is InChI=1S/C12H19BrN4O/c1-4-17(5-2)10(18)7-16-12-11(13)8(3)9(14)6-15-12/h6H,4-5,7,14H2,1-3H3,(H,15,16). The molecule has 1 aromatic rings. The van der Waals surface area contributed by atoms with Crippen molar-refractivity contribution in [2.75, 3.05) is 30.7 Å². The second kappa shape index (κ2) is 6.58. The van der Waals surface area contributed by atoms with Crippen LogP contribution in [-0.2, 0) is 4.79 Å². The molecular formula is C12H19BrN4O. The molecule has 0 atom stereocenters. The number of nitrogens with zero attached hydrogens (tertiary/aromatic N) is 2. The number of likely N-dealkylation sites (N-methyl/N-ethyl adjacent to an activating group) is 1. The van der Waals surface area contributed by atoms with E-state index in [2.05, 4.69) is 26.2 Å². The van der Waals surface area contributed by atoms with Crippen LogP contribution in [0.3, 0.4) is 0 Å². The molecule has 3 N–H and O–H groups in total. The summed E-state index contributed by atoms with van der Waals surface area (Å²) in [5, 5.41) is 3.03. The van der Waals surface area contributed by atoms with Gasteiger partial charge in [-0.05, 0) is 42.3 Å². The third-order valence-corrected chi connectivity index (χ3v) is 3.80. The van der Waals surface area contributed by atoms with E-state index < -0.39 is 0 Å². The molecule has 1 heterocycles. The van der Waals surface area contributed by atoms with Crippen LogP contribution < -0.4 is 11.1 Å². The van der Waals surface area contributed by atoms with Gasteiger partial charge in [-0.1, -0.05) is 0 Å². The summed E-state index contributed by atoms with van der Waals surface area (Å²) < 4.78 is 0.801. The minimum Gasteiger partial charge on any atom is -0.397 e. The van der Waals surface area contributed by atoms with Gasteiger partial charge in [0.25, 0.3) is 0 Å². The molecule has 0 radical (unpaired) electrons. The van der Waals surface area contributed by atoms with E-state index in [1.165, 1.54) is 0 Å². The smallest absolute Gasteiger partial charge is 0.241 e. The van der Waals surface area contributed by atoms with Gasteiger partial charge in [0.1, 0.15) is 5.82 Å². The fourth-order valence-corrected chi connectivity index (χ4v) is 2.03. The molecule has 0 spiro atoms. The maximum Gasteiger partial charge on any atom is 0.241 e. The first-order chi connectivity index (χ1) is 8.51. The van der Waals surface area contributed by atoms with E-state index in [1.807, 2.05) is 20.8 Å². The first-order valence-electron chi connectivity index (χ1n) is 5.93. The van der Waals surface area contributed by atoms with Crippen LogP contribution in [0.5, 0.6) is 0 Å². The number of hydrogen-bond donors (Lipinski definition) is 2. The van der Waals surface area contributed by atoms with Gasteiger partial charge in [-0.25, -0.2) is 4.98 Å². The molecule has 1 rings (SSSR count). The van der Waals surface area contributed by atoms with Crippen LogP contribution >= 0.6 is 15.9 Å². The van der Waals surface area contributed by atoms with Crippen molar-refractivity contribution in [1.29, 1.82) is 0 Å². The highest BCUT2D eigenvalue weighted by Gasteiger charge is 2.12. The molecule has 0 bridgehead atoms. The summed E-state index contributed by atoms with van der Waals surface area (Å²) in [6.45, 7) is 7.49. The molecule has 0 aliphatic carbocycles. The Balaban J connectivity index is 2.70. The van der Waals surface area contributed by atoms with E-state index in [0.717, 1.165) is 10.0 Å². The predicted molar refractivity (Wildman–Crippen MR) is 77.5 cm³/mol. The predicted octanol–water partition coefficient (Wildman–Crippen LogP) is 2.02. The number of rotatable bonds is 5. The van der Waals surface area contributed by atoms with Crippen LogP contribution in [0.15, 0.2) is 10.7 Å². The Hall–Kier alpha value is -1.30. The highest BCUT2D eigenvalue weighted by Crippen LogP contribution is 2.27. The Bertz CT molecular complexity index is 432. The fourth-order valence-electron chi connectivity index (χ4n) is 1.56. The quantitative estimate of drug-likeness (QED) is 0.872. The monoisotopic (exact) mass is 314 g/mol. The van der Waals surface area contributed by atoms with E-state index in [0.29, 0.717) is 24.6 Å². The molecule has 6 heteroatoms. The Kier molecular flexibility index (Phi) is 5.40. The number of carbonyl (C=O) groups excluding carboxylic acids is 1. The molecule has 0 saturated carbocycles. The lowest BCUT2D eigenvalue weighted by Crippen LogP contribution is -2.35. The molecule has 1 aromatic heterocycles. The number of nitrogens with two attached hydrogens (primary N) is 1. The van der Waals surface area contributed by atoms with E-state index >= 15 is 0 Å². The Morgan fingerprint density at radius 3 is 2.67 bits per heavy atom. The molecule has 5 nitrogen and oxygen atoms in total. The lowest BCUT2D eigenvalue weighted by Gasteiger charge is -2.19. The highest BCUT2D eigenvalue weighted by molar-refractivity contribution is 9.10. The molecule has 0 saturated heterocycles. The van der Waals surface area contributed by atoms with Gasteiger partial charge in [0.2, 0.25) is 5.91 Å². The lowest BCUT2D eigenvalue weighted by molar-refractivity contribution is -0.128. The van der Waals surface area contributed by atoms with Gasteiger partial charge >= 0.3 is 0 Å². The summed E-state index contributed by atoms with van der Waals surface area (Å²) in [5.74, 6) is 0.699. The second-order valence-electron chi connectivity index (χ2n) is 3.92. The summed E-state index contributed by atoms with van der Waals surface area (Å²) in [5.41, 5.74) is 7.29. The van der Waals surface area contributed by atoms with Crippen molar-refractivity contribution < 1.29 is 4.79 Å². The SMILES string of the molecule is CCN(CC)C(=O)CNc1ncc(N)c(C)c1Br. The van der Waals surface area contributed by atoms with Gasteiger partial charge < -0.3 is 16.0 Å². The summed E-state index contributed by atoms with van der Waals surface area (Å²) in [4.78, 5) is 17.8. The maximum atomic E-state index is 11.8. The Morgan fingerprint density at radius 2 is 2.11 bits per heavy atom. The van der Waals surface area contributed by atoms with Crippen LogP contribution in [0.25, 0.3) is 0 Å². The van der Waals surface area contributed by atoms with Crippen molar-refractivity contribution in [3.63, 3.8) is 0 Å². The first-order valence-corrected chi connectivity index (χ1v) is 6.72. The normalized spacial score (nSPS) is 10.2. The Labute approximate surface area is 116 Å². The second-order valence-corrected chi connectivity index (χ2v) is 4.71. The average molecular weight is 315 g/mol. The fraction of sp³-hybridized carbons (Fsp3) is 0.500. The molecule has 1 amide bonds. The van der Waals surface area contributed by atoms with Gasteiger partial charge in [-0.3, -0.25) is 4.79 Å². The third-order valence-electron chi connectivity index (χ3n) is 2.83. The van der Waals surface area contributed by atoms with E-state index in [4.69, 9.17) is 5.73 Å². The lowest BCUT2D eigenvalue weighted by atomic mass is 10.2. The van der Waals surface area contributed by atoms with Crippen LogP contribution in [0, 0.1) is 6.92 Å². The van der Waals surface area contributed by atoms with Crippen LogP contribution in [0.4, 0.5) is 11.5 Å². The van der Waals surface area contributed by atoms with Gasteiger partial charge in [0, 0.05) is 13.1 Å². The largest absolute Gasteiger partial charge is 0.397 e. The molecule has 100 valence electrons. The molecule has 0 aliphatic heterocycles. The van der Waals surface area contributed by atoms with E-state index in [9.17, 15) is 4.79 Å². The molecule has 0 aromatic carbocycles. The number of carbonyl (C=O) groups is 1. The first kappa shape index (κ1) is 14.8. The van der Waals surface area contributed by atoms with Crippen molar-refractivity contribution >= 4 is 33.3 Å². The van der Waals surface area contributed by atoms with Gasteiger partial charge in [-0.2, -0.15) is 0 Å². The molecule has 18 heavy (non-hydrogen) atoms. The summed E-state index contributed by atoms with van der Waals surface area (Å²) in [7, 11) is 0. The van der Waals surface area contributed by atoms with E-state index in [-0.39, 0.29) is 12.5 Å². The molecule has 0 aliphatic rings. The summed E-state index contributed by atoms with van der Waals surface area (Å²) >= 11 is 3.42. The number of amides is 1. The number of anilines is 2. The topological polar surface area (TPSA) is 71.2 Å². The minimum absolute atomic E-state index is 0.0585. The number of nitrogen functional groups attached to an aromatic ring is 1. The van der Waals surface area contributed by atoms with Crippen LogP contribution in [0.1, 0.15) is 19.4 Å². The minimum atomic E-state index is 0.0585. The zero-order chi connectivity index (χ0) is 13.7. The van der Waals surface area contributed by atoms with Crippen molar-refractivity contribution in [3.8, 4) is 0 Å². The number of nitrogens with one attached hydrogen (secondary N) is 1. The number of halogens is 1. The third kappa shape index (κ3) is 3.35. The number of hydrogen-bond acceptors (Lipinski definition) is 4. The molecular weight excluding hydrogens is 296 g/mol. The van der Waals surface area contributed by atoms with Crippen molar-refractivity contribution in [2.24, 2.45) is 0 Å². The summed E-state index contributed by atoms with van der Waals surface area (Å²) in [6, 6.07) is 0. The number of pyridine rings is 1. The molecule has 0 fully saturated rings. The molecule has 0 unspecified atom stereocenters. The van der Waals surface area contributed by atoms with Crippen molar-refractivity contribution in [1.82, 2.24) is 9.88 Å². The van der Waals surface area contributed by atoms with Gasteiger partial charge in [0.15, 0.2) is 0 Å². The van der Waals surface area contributed by atoms with Gasteiger partial charge in [-0.15, -0.1) is 0 Å². The zero-order valence-corrected chi connectivity index (χ0v) is 12.5. The Morgan fingerprint density at radius 1 is 1.50 bits per heavy atom. The van der Waals surface area contributed by atoms with Gasteiger partial charge in [0.05, 0.1) is 22.9 Å². The van der Waals surface area contributed by atoms with Crippen LogP contribution in [0.2, 0.25) is 0 Å². The highest BCUT2D eigenvalue weighted by atomic mass is 79.9. The zero-order valence-electron chi connectivity index (χ0n) is 11.0. The summed E-state index contributed by atoms with van der Waals surface area (Å²) in [6.07, 6.45) is 1.59. The van der Waals surface area contributed by atoms with Crippen LogP contribution in [-0.4, -0.2) is 35.4 Å².